The lowest BCUT2D eigenvalue weighted by Gasteiger charge is -2.29. The van der Waals surface area contributed by atoms with Crippen LogP contribution in [0.15, 0.2) is 58.4 Å². The average molecular weight is 598 g/mol. The molecule has 6 atom stereocenters. The molecule has 2 bridgehead atoms. The topological polar surface area (TPSA) is 130 Å². The van der Waals surface area contributed by atoms with E-state index in [1.165, 1.54) is 18.0 Å². The third kappa shape index (κ3) is 9.86. The molecule has 0 saturated carbocycles. The number of likely N-dealkylation sites (N-methyl/N-ethyl adjacent to an activating group) is 1. The molecule has 2 aliphatic rings. The Bertz CT molecular complexity index is 1220. The summed E-state index contributed by atoms with van der Waals surface area (Å²) in [6.07, 6.45) is 8.26. The van der Waals surface area contributed by atoms with Gasteiger partial charge in [-0.3, -0.25) is 14.4 Å². The first-order chi connectivity index (χ1) is 20.0. The quantitative estimate of drug-likeness (QED) is 0.346. The number of amides is 2. The summed E-state index contributed by atoms with van der Waals surface area (Å²) in [7, 11) is 5.44. The van der Waals surface area contributed by atoms with Crippen molar-refractivity contribution in [2.75, 3.05) is 27.7 Å². The maximum atomic E-state index is 13.9. The number of nitrogens with two attached hydrogens (primary N) is 1. The van der Waals surface area contributed by atoms with Gasteiger partial charge >= 0.3 is 6.09 Å². The molecule has 9 nitrogen and oxygen atoms in total. The van der Waals surface area contributed by atoms with Crippen LogP contribution in [0.25, 0.3) is 0 Å². The van der Waals surface area contributed by atoms with Crippen molar-refractivity contribution in [3.8, 4) is 0 Å². The van der Waals surface area contributed by atoms with Gasteiger partial charge in [-0.15, -0.1) is 0 Å². The van der Waals surface area contributed by atoms with Crippen LogP contribution in [0.3, 0.4) is 0 Å². The van der Waals surface area contributed by atoms with E-state index in [9.17, 15) is 24.3 Å². The van der Waals surface area contributed by atoms with E-state index in [2.05, 4.69) is 0 Å². The first-order valence-corrected chi connectivity index (χ1v) is 15.2. The van der Waals surface area contributed by atoms with E-state index in [1.807, 2.05) is 59.7 Å². The lowest BCUT2D eigenvalue weighted by atomic mass is 9.80. The number of primary amides is 1. The van der Waals surface area contributed by atoms with Crippen LogP contribution in [0.4, 0.5) is 4.79 Å². The van der Waals surface area contributed by atoms with E-state index >= 15 is 0 Å². The summed E-state index contributed by atoms with van der Waals surface area (Å²) in [5.41, 5.74) is 7.53. The highest BCUT2D eigenvalue weighted by Crippen LogP contribution is 2.33. The zero-order valence-corrected chi connectivity index (χ0v) is 27.3. The summed E-state index contributed by atoms with van der Waals surface area (Å²) < 4.78 is 5.44. The second-order valence-corrected chi connectivity index (χ2v) is 12.7. The molecule has 9 heteroatoms. The van der Waals surface area contributed by atoms with Crippen LogP contribution in [0.5, 0.6) is 0 Å². The van der Waals surface area contributed by atoms with Crippen LogP contribution in [-0.2, 0) is 19.1 Å². The summed E-state index contributed by atoms with van der Waals surface area (Å²) in [5, 5.41) is 11.2. The van der Waals surface area contributed by atoms with Gasteiger partial charge in [0.25, 0.3) is 5.91 Å². The monoisotopic (exact) mass is 597 g/mol. The van der Waals surface area contributed by atoms with Gasteiger partial charge in [-0.2, -0.15) is 0 Å². The third-order valence-electron chi connectivity index (χ3n) is 8.38. The van der Waals surface area contributed by atoms with Crippen molar-refractivity contribution in [2.45, 2.75) is 79.4 Å². The Balaban J connectivity index is 2.59. The number of hydrogen-bond donors (Lipinski definition) is 2. The van der Waals surface area contributed by atoms with Crippen LogP contribution < -0.4 is 5.73 Å². The summed E-state index contributed by atoms with van der Waals surface area (Å²) >= 11 is 0. The maximum absolute atomic E-state index is 13.9. The Morgan fingerprint density at radius 1 is 1.12 bits per heavy atom. The van der Waals surface area contributed by atoms with Crippen LogP contribution in [0.1, 0.15) is 67.2 Å². The van der Waals surface area contributed by atoms with Gasteiger partial charge in [0, 0.05) is 41.7 Å². The number of hydrogen-bond acceptors (Lipinski definition) is 7. The number of aliphatic hydroxyl groups is 1. The highest BCUT2D eigenvalue weighted by atomic mass is 16.6. The highest BCUT2D eigenvalue weighted by Gasteiger charge is 2.34. The van der Waals surface area contributed by atoms with Crippen LogP contribution in [0, 0.1) is 23.7 Å². The summed E-state index contributed by atoms with van der Waals surface area (Å²) in [5.74, 6) is -1.62. The van der Waals surface area contributed by atoms with Gasteiger partial charge in [-0.25, -0.2) is 4.79 Å². The van der Waals surface area contributed by atoms with Crippen molar-refractivity contribution in [3.63, 3.8) is 0 Å². The number of allylic oxidation sites excluding steroid dienone is 5. The number of fused-ring (bicyclic) bond motifs is 2. The molecule has 2 rings (SSSR count). The van der Waals surface area contributed by atoms with E-state index in [1.54, 1.807) is 25.2 Å². The molecule has 3 N–H and O–H groups in total. The lowest BCUT2D eigenvalue weighted by molar-refractivity contribution is -0.127. The Morgan fingerprint density at radius 3 is 2.37 bits per heavy atom. The second-order valence-electron chi connectivity index (χ2n) is 12.7. The molecule has 0 radical (unpaired) electrons. The lowest BCUT2D eigenvalue weighted by Crippen LogP contribution is -2.35. The van der Waals surface area contributed by atoms with Crippen LogP contribution in [0.2, 0.25) is 0 Å². The average Bonchev–Trinajstić information content (AvgIpc) is 2.92. The third-order valence-corrected chi connectivity index (χ3v) is 8.38. The minimum Gasteiger partial charge on any atom is -0.441 e. The van der Waals surface area contributed by atoms with E-state index < -0.39 is 24.2 Å². The van der Waals surface area contributed by atoms with Gasteiger partial charge in [0.05, 0.1) is 11.8 Å². The SMILES string of the molecule is C/C1=C\C=C/C(C)C(OC(N)=O)/C(C)=C/C(C)C(O)C(C)CC(C)CC2=C(CCCN(C)C)C(=O)C=C(C2=O)N(C)C1=O. The molecule has 0 fully saturated rings. The highest BCUT2D eigenvalue weighted by molar-refractivity contribution is 6.23. The fraction of sp³-hybridized carbons (Fsp3) is 0.588. The van der Waals surface area contributed by atoms with Gasteiger partial charge in [0.1, 0.15) is 6.10 Å². The molecule has 0 aromatic rings. The standard InChI is InChI=1S/C34H51N3O6/c1-20-16-23(4)30(39)24(5)18-25(6)32(43-34(35)42)21(2)12-10-13-22(3)33(41)37(9)28-19-29(38)26(14-11-15-36(7)8)27(17-20)31(28)40/h10,12-13,18-21,23-24,30,32,39H,11,14-17H2,1-9H3,(H2,35,42)/b12-10-,22-13+,25-18+. The van der Waals surface area contributed by atoms with Crippen molar-refractivity contribution < 1.29 is 29.0 Å². The zero-order chi connectivity index (χ0) is 32.6. The van der Waals surface area contributed by atoms with Gasteiger partial charge in [0.2, 0.25) is 5.78 Å². The number of rotatable bonds is 5. The second kappa shape index (κ2) is 16.0. The predicted molar refractivity (Wildman–Crippen MR) is 169 cm³/mol. The van der Waals surface area contributed by atoms with Crippen LogP contribution in [-0.4, -0.2) is 78.4 Å². The first-order valence-electron chi connectivity index (χ1n) is 15.2. The number of ketones is 2. The molecule has 2 amide bonds. The predicted octanol–water partition coefficient (Wildman–Crippen LogP) is 4.73. The Labute approximate surface area is 257 Å². The summed E-state index contributed by atoms with van der Waals surface area (Å²) in [6, 6.07) is 0. The number of Topliss-reactive ketones (excluding diaryl/α,β-unsaturated/α-hetero) is 1. The Kier molecular flexibility index (Phi) is 13.3. The zero-order valence-electron chi connectivity index (χ0n) is 27.3. The van der Waals surface area contributed by atoms with Gasteiger partial charge in [0.15, 0.2) is 5.78 Å². The van der Waals surface area contributed by atoms with E-state index in [0.29, 0.717) is 36.0 Å². The van der Waals surface area contributed by atoms with Crippen molar-refractivity contribution in [3.05, 3.63) is 58.4 Å². The first kappa shape index (κ1) is 35.9. The van der Waals surface area contributed by atoms with Gasteiger partial charge in [-0.05, 0) is 77.6 Å². The molecule has 1 aliphatic heterocycles. The maximum Gasteiger partial charge on any atom is 0.405 e. The van der Waals surface area contributed by atoms with Crippen molar-refractivity contribution in [2.24, 2.45) is 29.4 Å². The Morgan fingerprint density at radius 2 is 1.77 bits per heavy atom. The molecular weight excluding hydrogens is 546 g/mol. The smallest absolute Gasteiger partial charge is 0.405 e. The number of aliphatic hydroxyl groups excluding tert-OH is 1. The molecular formula is C34H51N3O6. The number of carbonyl (C=O) groups is 4. The molecule has 0 aromatic heterocycles. The van der Waals surface area contributed by atoms with Crippen molar-refractivity contribution >= 4 is 23.6 Å². The number of nitrogens with zero attached hydrogens (tertiary/aromatic N) is 2. The minimum atomic E-state index is -0.899. The number of ether oxygens (including phenoxy) is 1. The number of carbonyl (C=O) groups excluding carboxylic acids is 4. The van der Waals surface area contributed by atoms with E-state index in [0.717, 1.165) is 18.5 Å². The normalized spacial score (nSPS) is 31.7. The molecule has 43 heavy (non-hydrogen) atoms. The Hall–Kier alpha value is -3.30. The summed E-state index contributed by atoms with van der Waals surface area (Å²) in [4.78, 5) is 55.7. The van der Waals surface area contributed by atoms with Crippen LogP contribution >= 0.6 is 0 Å². The molecule has 0 aromatic carbocycles. The molecule has 1 heterocycles. The van der Waals surface area contributed by atoms with Crippen molar-refractivity contribution in [1.82, 2.24) is 9.80 Å². The fourth-order valence-electron chi connectivity index (χ4n) is 6.02. The van der Waals surface area contributed by atoms with Gasteiger partial charge in [-0.1, -0.05) is 52.0 Å². The largest absolute Gasteiger partial charge is 0.441 e. The fourth-order valence-corrected chi connectivity index (χ4v) is 6.02. The molecule has 0 saturated heterocycles. The van der Waals surface area contributed by atoms with E-state index in [4.69, 9.17) is 10.5 Å². The molecule has 1 aliphatic carbocycles. The minimum absolute atomic E-state index is 0.0169. The van der Waals surface area contributed by atoms with Crippen molar-refractivity contribution in [1.29, 1.82) is 0 Å². The molecule has 6 unspecified atom stereocenters. The van der Waals surface area contributed by atoms with E-state index in [-0.39, 0.29) is 40.9 Å². The molecule has 238 valence electrons. The summed E-state index contributed by atoms with van der Waals surface area (Å²) in [6.45, 7) is 12.0. The van der Waals surface area contributed by atoms with Gasteiger partial charge < -0.3 is 25.4 Å². The molecule has 0 spiro atoms.